The fourth-order valence-electron chi connectivity index (χ4n) is 1.55. The maximum atomic E-state index is 11.8. The van der Waals surface area contributed by atoms with Gasteiger partial charge in [0, 0.05) is 12.2 Å². The Kier molecular flexibility index (Phi) is 10.7. The lowest BCUT2D eigenvalue weighted by atomic mass is 10.1. The van der Waals surface area contributed by atoms with Crippen molar-refractivity contribution in [2.24, 2.45) is 0 Å². The van der Waals surface area contributed by atoms with E-state index in [9.17, 15) is 4.79 Å². The van der Waals surface area contributed by atoms with Gasteiger partial charge >= 0.3 is 0 Å². The molecule has 1 amide bonds. The van der Waals surface area contributed by atoms with Gasteiger partial charge in [-0.15, -0.1) is 12.4 Å². The Bertz CT molecular complexity index is 374. The van der Waals surface area contributed by atoms with Crippen molar-refractivity contribution in [3.05, 3.63) is 29.8 Å². The summed E-state index contributed by atoms with van der Waals surface area (Å²) in [6.45, 7) is 5.91. The van der Waals surface area contributed by atoms with Crippen LogP contribution in [0.15, 0.2) is 24.3 Å². The predicted octanol–water partition coefficient (Wildman–Crippen LogP) is 3.30. The molecule has 0 atom stereocenters. The maximum Gasteiger partial charge on any atom is 0.234 e. The molecule has 0 heterocycles. The Balaban J connectivity index is 0.00000324. The smallest absolute Gasteiger partial charge is 0.234 e. The summed E-state index contributed by atoms with van der Waals surface area (Å²) in [7, 11) is 0. The highest BCUT2D eigenvalue weighted by Gasteiger charge is 2.05. The van der Waals surface area contributed by atoms with E-state index in [0.717, 1.165) is 36.5 Å². The molecular formula is C14H23ClN2OS. The quantitative estimate of drug-likeness (QED) is 0.724. The van der Waals surface area contributed by atoms with Crippen LogP contribution in [0.1, 0.15) is 25.8 Å². The number of halogens is 1. The van der Waals surface area contributed by atoms with Gasteiger partial charge in [-0.2, -0.15) is 11.8 Å². The Morgan fingerprint density at radius 3 is 2.68 bits per heavy atom. The molecule has 5 heteroatoms. The molecule has 0 aliphatic carbocycles. The van der Waals surface area contributed by atoms with Gasteiger partial charge in [-0.05, 0) is 30.3 Å². The van der Waals surface area contributed by atoms with Crippen LogP contribution in [0.25, 0.3) is 0 Å². The van der Waals surface area contributed by atoms with Gasteiger partial charge in [-0.1, -0.05) is 32.0 Å². The van der Waals surface area contributed by atoms with E-state index >= 15 is 0 Å². The first kappa shape index (κ1) is 18.3. The molecule has 0 saturated heterocycles. The third-order valence-electron chi connectivity index (χ3n) is 2.44. The van der Waals surface area contributed by atoms with Gasteiger partial charge in [-0.25, -0.2) is 0 Å². The van der Waals surface area contributed by atoms with Crippen LogP contribution in [-0.4, -0.2) is 24.0 Å². The predicted molar refractivity (Wildman–Crippen MR) is 87.3 cm³/mol. The van der Waals surface area contributed by atoms with Crippen LogP contribution in [0.5, 0.6) is 0 Å². The molecule has 1 aromatic carbocycles. The van der Waals surface area contributed by atoms with E-state index in [4.69, 9.17) is 0 Å². The molecule has 1 rings (SSSR count). The number of benzene rings is 1. The normalized spacial score (nSPS) is 9.79. The summed E-state index contributed by atoms with van der Waals surface area (Å²) in [6.07, 6.45) is 1.11. The lowest BCUT2D eigenvalue weighted by Crippen LogP contribution is -2.18. The van der Waals surface area contributed by atoms with Crippen molar-refractivity contribution in [3.63, 3.8) is 0 Å². The number of anilines is 1. The van der Waals surface area contributed by atoms with Gasteiger partial charge in [-0.3, -0.25) is 4.79 Å². The summed E-state index contributed by atoms with van der Waals surface area (Å²) in [5, 5.41) is 6.25. The van der Waals surface area contributed by atoms with Crippen LogP contribution in [-0.2, 0) is 11.3 Å². The number of rotatable bonds is 8. The molecule has 3 nitrogen and oxygen atoms in total. The number of amides is 1. The largest absolute Gasteiger partial charge is 0.325 e. The van der Waals surface area contributed by atoms with E-state index in [0.29, 0.717) is 5.75 Å². The summed E-state index contributed by atoms with van der Waals surface area (Å²) >= 11 is 1.68. The summed E-state index contributed by atoms with van der Waals surface area (Å²) in [6, 6.07) is 7.94. The molecule has 0 fully saturated rings. The SMILES string of the molecule is CCCSCC(=O)Nc1ccccc1CNCC.Cl. The molecule has 0 aromatic heterocycles. The van der Waals surface area contributed by atoms with Crippen molar-refractivity contribution < 1.29 is 4.79 Å². The molecule has 0 saturated carbocycles. The summed E-state index contributed by atoms with van der Waals surface area (Å²) in [4.78, 5) is 11.8. The second kappa shape index (κ2) is 11.1. The Hall–Kier alpha value is -0.710. The minimum absolute atomic E-state index is 0. The standard InChI is InChI=1S/C14H22N2OS.ClH/c1-3-9-18-11-14(17)16-13-8-6-5-7-12(13)10-15-4-2;/h5-8,15H,3-4,9-11H2,1-2H3,(H,16,17);1H. The van der Waals surface area contributed by atoms with Crippen molar-refractivity contribution in [1.29, 1.82) is 0 Å². The van der Waals surface area contributed by atoms with Crippen molar-refractivity contribution >= 4 is 35.8 Å². The molecule has 0 radical (unpaired) electrons. The number of carbonyl (C=O) groups excluding carboxylic acids is 1. The van der Waals surface area contributed by atoms with Crippen LogP contribution in [0.2, 0.25) is 0 Å². The number of nitrogens with one attached hydrogen (secondary N) is 2. The van der Waals surface area contributed by atoms with Gasteiger partial charge in [0.25, 0.3) is 0 Å². The molecule has 1 aromatic rings. The van der Waals surface area contributed by atoms with E-state index < -0.39 is 0 Å². The number of hydrogen-bond donors (Lipinski definition) is 2. The first-order chi connectivity index (χ1) is 8.77. The molecule has 0 bridgehead atoms. The Labute approximate surface area is 126 Å². The number of hydrogen-bond acceptors (Lipinski definition) is 3. The molecule has 108 valence electrons. The second-order valence-corrected chi connectivity index (χ2v) is 5.14. The van der Waals surface area contributed by atoms with E-state index in [-0.39, 0.29) is 18.3 Å². The van der Waals surface area contributed by atoms with Gasteiger partial charge in [0.15, 0.2) is 0 Å². The summed E-state index contributed by atoms with van der Waals surface area (Å²) < 4.78 is 0. The van der Waals surface area contributed by atoms with E-state index in [1.165, 1.54) is 0 Å². The topological polar surface area (TPSA) is 41.1 Å². The Morgan fingerprint density at radius 2 is 2.00 bits per heavy atom. The van der Waals surface area contributed by atoms with Gasteiger partial charge < -0.3 is 10.6 Å². The molecule has 0 aliphatic heterocycles. The maximum absolute atomic E-state index is 11.8. The minimum Gasteiger partial charge on any atom is -0.325 e. The molecule has 2 N–H and O–H groups in total. The van der Waals surface area contributed by atoms with Crippen molar-refractivity contribution in [2.45, 2.75) is 26.8 Å². The van der Waals surface area contributed by atoms with Gasteiger partial charge in [0.2, 0.25) is 5.91 Å². The van der Waals surface area contributed by atoms with Crippen LogP contribution in [0.4, 0.5) is 5.69 Å². The highest BCUT2D eigenvalue weighted by molar-refractivity contribution is 7.99. The first-order valence-electron chi connectivity index (χ1n) is 6.44. The second-order valence-electron chi connectivity index (χ2n) is 4.04. The lowest BCUT2D eigenvalue weighted by Gasteiger charge is -2.11. The lowest BCUT2D eigenvalue weighted by molar-refractivity contribution is -0.113. The minimum atomic E-state index is 0. The number of para-hydroxylation sites is 1. The van der Waals surface area contributed by atoms with Crippen molar-refractivity contribution in [2.75, 3.05) is 23.4 Å². The zero-order valence-corrected chi connectivity index (χ0v) is 13.2. The monoisotopic (exact) mass is 302 g/mol. The average molecular weight is 303 g/mol. The van der Waals surface area contributed by atoms with Crippen LogP contribution >= 0.6 is 24.2 Å². The van der Waals surface area contributed by atoms with Crippen LogP contribution in [0, 0.1) is 0 Å². The fourth-order valence-corrected chi connectivity index (χ4v) is 2.24. The van der Waals surface area contributed by atoms with Crippen molar-refractivity contribution in [1.82, 2.24) is 5.32 Å². The highest BCUT2D eigenvalue weighted by atomic mass is 35.5. The highest BCUT2D eigenvalue weighted by Crippen LogP contribution is 2.15. The first-order valence-corrected chi connectivity index (χ1v) is 7.59. The molecular weight excluding hydrogens is 280 g/mol. The Morgan fingerprint density at radius 1 is 1.26 bits per heavy atom. The summed E-state index contributed by atoms with van der Waals surface area (Å²) in [5.74, 6) is 1.65. The van der Waals surface area contributed by atoms with Gasteiger partial charge in [0.05, 0.1) is 5.75 Å². The third-order valence-corrected chi connectivity index (χ3v) is 3.60. The average Bonchev–Trinajstić information content (AvgIpc) is 2.38. The third kappa shape index (κ3) is 7.45. The summed E-state index contributed by atoms with van der Waals surface area (Å²) in [5.41, 5.74) is 2.05. The van der Waals surface area contributed by atoms with E-state index in [1.54, 1.807) is 11.8 Å². The fraction of sp³-hybridized carbons (Fsp3) is 0.500. The van der Waals surface area contributed by atoms with E-state index in [2.05, 4.69) is 24.5 Å². The molecule has 19 heavy (non-hydrogen) atoms. The van der Waals surface area contributed by atoms with Crippen LogP contribution in [0.3, 0.4) is 0 Å². The zero-order chi connectivity index (χ0) is 13.2. The molecule has 0 aliphatic rings. The van der Waals surface area contributed by atoms with Crippen LogP contribution < -0.4 is 10.6 Å². The number of thioether (sulfide) groups is 1. The van der Waals surface area contributed by atoms with E-state index in [1.807, 2.05) is 24.3 Å². The number of carbonyl (C=O) groups is 1. The molecule has 0 spiro atoms. The molecule has 0 unspecified atom stereocenters. The van der Waals surface area contributed by atoms with Gasteiger partial charge in [0.1, 0.15) is 0 Å². The zero-order valence-electron chi connectivity index (χ0n) is 11.6. The van der Waals surface area contributed by atoms with Crippen molar-refractivity contribution in [3.8, 4) is 0 Å².